The summed E-state index contributed by atoms with van der Waals surface area (Å²) in [5, 5.41) is 0. The number of ether oxygens (including phenoxy) is 1. The Hall–Kier alpha value is -0.860. The predicted molar refractivity (Wildman–Crippen MR) is 85.2 cm³/mol. The van der Waals surface area contributed by atoms with E-state index in [0.717, 1.165) is 51.4 Å². The van der Waals surface area contributed by atoms with E-state index >= 15 is 0 Å². The second-order valence-electron chi connectivity index (χ2n) is 6.31. The maximum atomic E-state index is 11.7. The summed E-state index contributed by atoms with van der Waals surface area (Å²) in [4.78, 5) is 22.6. The van der Waals surface area contributed by atoms with Gasteiger partial charge in [0.15, 0.2) is 0 Å². The van der Waals surface area contributed by atoms with Gasteiger partial charge in [0.05, 0.1) is 0 Å². The number of esters is 1. The summed E-state index contributed by atoms with van der Waals surface area (Å²) in [6.07, 6.45) is 14.8. The molecule has 1 atom stereocenters. The van der Waals surface area contributed by atoms with Gasteiger partial charge in [-0.05, 0) is 32.1 Å². The van der Waals surface area contributed by atoms with Gasteiger partial charge in [0.1, 0.15) is 11.9 Å². The lowest BCUT2D eigenvalue weighted by Crippen LogP contribution is -2.06. The van der Waals surface area contributed by atoms with E-state index < -0.39 is 0 Å². The molecule has 3 nitrogen and oxygen atoms in total. The Morgan fingerprint density at radius 2 is 1.62 bits per heavy atom. The first-order valence-electron chi connectivity index (χ1n) is 8.93. The third-order valence-corrected chi connectivity index (χ3v) is 4.26. The Kier molecular flexibility index (Phi) is 10.2. The smallest absolute Gasteiger partial charge is 0.306 e. The molecule has 0 aromatic heterocycles. The summed E-state index contributed by atoms with van der Waals surface area (Å²) < 4.78 is 5.19. The van der Waals surface area contributed by atoms with Crippen LogP contribution >= 0.6 is 0 Å². The van der Waals surface area contributed by atoms with Crippen LogP contribution < -0.4 is 0 Å². The molecule has 0 saturated carbocycles. The van der Waals surface area contributed by atoms with E-state index in [1.54, 1.807) is 0 Å². The fraction of sp³-hybridized carbons (Fsp3) is 0.889. The summed E-state index contributed by atoms with van der Waals surface area (Å²) in [6.45, 7) is 2.19. The highest BCUT2D eigenvalue weighted by Crippen LogP contribution is 2.20. The Morgan fingerprint density at radius 1 is 1.00 bits per heavy atom. The van der Waals surface area contributed by atoms with Crippen molar-refractivity contribution < 1.29 is 14.3 Å². The number of hydrogen-bond acceptors (Lipinski definition) is 3. The van der Waals surface area contributed by atoms with Gasteiger partial charge in [-0.15, -0.1) is 0 Å². The van der Waals surface area contributed by atoms with Gasteiger partial charge in [0.2, 0.25) is 0 Å². The molecule has 0 spiro atoms. The molecule has 0 radical (unpaired) electrons. The Morgan fingerprint density at radius 3 is 2.24 bits per heavy atom. The summed E-state index contributed by atoms with van der Waals surface area (Å²) in [6, 6.07) is 0. The van der Waals surface area contributed by atoms with E-state index in [9.17, 15) is 9.59 Å². The first-order chi connectivity index (χ1) is 10.2. The van der Waals surface area contributed by atoms with Gasteiger partial charge in [0.25, 0.3) is 0 Å². The van der Waals surface area contributed by atoms with Crippen LogP contribution in [0.3, 0.4) is 0 Å². The van der Waals surface area contributed by atoms with E-state index in [2.05, 4.69) is 6.92 Å². The number of ketones is 1. The average molecular weight is 296 g/mol. The monoisotopic (exact) mass is 296 g/mol. The van der Waals surface area contributed by atoms with E-state index in [4.69, 9.17) is 4.74 Å². The van der Waals surface area contributed by atoms with Gasteiger partial charge in [-0.2, -0.15) is 0 Å². The van der Waals surface area contributed by atoms with Crippen LogP contribution in [-0.4, -0.2) is 17.9 Å². The highest BCUT2D eigenvalue weighted by Gasteiger charge is 2.22. The van der Waals surface area contributed by atoms with Crippen LogP contribution in [0.1, 0.15) is 96.8 Å². The van der Waals surface area contributed by atoms with Crippen molar-refractivity contribution in [1.82, 2.24) is 0 Å². The average Bonchev–Trinajstić information content (AvgIpc) is 2.88. The van der Waals surface area contributed by atoms with Crippen LogP contribution in [0.2, 0.25) is 0 Å². The fourth-order valence-corrected chi connectivity index (χ4v) is 2.88. The Labute approximate surface area is 129 Å². The normalized spacial score (nSPS) is 18.0. The van der Waals surface area contributed by atoms with Gasteiger partial charge in [0, 0.05) is 19.3 Å². The lowest BCUT2D eigenvalue weighted by Gasteiger charge is -2.08. The summed E-state index contributed by atoms with van der Waals surface area (Å²) in [7, 11) is 0. The lowest BCUT2D eigenvalue weighted by atomic mass is 10.0. The standard InChI is InChI=1S/C18H32O3/c1-2-3-4-8-11-16(19)12-9-6-5-7-10-13-17-14-15-18(20)21-17/h17H,2-15H2,1H3/t17-/m0/s1. The quantitative estimate of drug-likeness (QED) is 0.356. The van der Waals surface area contributed by atoms with Crippen LogP contribution in [0.25, 0.3) is 0 Å². The van der Waals surface area contributed by atoms with Crippen molar-refractivity contribution in [2.75, 3.05) is 0 Å². The molecule has 122 valence electrons. The number of carbonyl (C=O) groups excluding carboxylic acids is 2. The number of rotatable bonds is 13. The molecule has 0 unspecified atom stereocenters. The van der Waals surface area contributed by atoms with Crippen molar-refractivity contribution in [3.63, 3.8) is 0 Å². The molecule has 3 heteroatoms. The summed E-state index contributed by atoms with van der Waals surface area (Å²) in [5.41, 5.74) is 0. The molecule has 0 aliphatic carbocycles. The maximum absolute atomic E-state index is 11.7. The van der Waals surface area contributed by atoms with Gasteiger partial charge in [-0.1, -0.05) is 45.4 Å². The van der Waals surface area contributed by atoms with E-state index in [0.29, 0.717) is 12.2 Å². The second-order valence-corrected chi connectivity index (χ2v) is 6.31. The third-order valence-electron chi connectivity index (χ3n) is 4.26. The highest BCUT2D eigenvalue weighted by molar-refractivity contribution is 5.78. The van der Waals surface area contributed by atoms with Crippen molar-refractivity contribution in [3.8, 4) is 0 Å². The topological polar surface area (TPSA) is 43.4 Å². The molecular formula is C18H32O3. The summed E-state index contributed by atoms with van der Waals surface area (Å²) in [5.74, 6) is 0.418. The van der Waals surface area contributed by atoms with Gasteiger partial charge < -0.3 is 4.74 Å². The van der Waals surface area contributed by atoms with Crippen LogP contribution in [0.15, 0.2) is 0 Å². The van der Waals surface area contributed by atoms with Crippen molar-refractivity contribution in [3.05, 3.63) is 0 Å². The van der Waals surface area contributed by atoms with Crippen LogP contribution in [0, 0.1) is 0 Å². The largest absolute Gasteiger partial charge is 0.462 e. The first kappa shape index (κ1) is 18.2. The van der Waals surface area contributed by atoms with Crippen LogP contribution in [0.4, 0.5) is 0 Å². The number of Topliss-reactive ketones (excluding diaryl/α,β-unsaturated/α-hetero) is 1. The van der Waals surface area contributed by atoms with E-state index in [1.165, 1.54) is 32.1 Å². The van der Waals surface area contributed by atoms with Crippen LogP contribution in [0.5, 0.6) is 0 Å². The number of hydrogen-bond donors (Lipinski definition) is 0. The maximum Gasteiger partial charge on any atom is 0.306 e. The van der Waals surface area contributed by atoms with Gasteiger partial charge >= 0.3 is 5.97 Å². The van der Waals surface area contributed by atoms with Crippen molar-refractivity contribution in [1.29, 1.82) is 0 Å². The second kappa shape index (κ2) is 11.8. The molecule has 1 rings (SSSR count). The zero-order valence-electron chi connectivity index (χ0n) is 13.7. The van der Waals surface area contributed by atoms with Crippen molar-refractivity contribution in [2.24, 2.45) is 0 Å². The molecule has 0 aromatic rings. The SMILES string of the molecule is CCCCCCC(=O)CCCCCCC[C@H]1CCC(=O)O1. The molecule has 1 saturated heterocycles. The predicted octanol–water partition coefficient (Wildman–Crippen LogP) is 4.96. The Balaban J connectivity index is 1.81. The zero-order chi connectivity index (χ0) is 15.3. The minimum absolute atomic E-state index is 0.0301. The molecular weight excluding hydrogens is 264 g/mol. The molecule has 1 aliphatic rings. The van der Waals surface area contributed by atoms with E-state index in [1.807, 2.05) is 0 Å². The molecule has 21 heavy (non-hydrogen) atoms. The third kappa shape index (κ3) is 9.65. The molecule has 0 aromatic carbocycles. The van der Waals surface area contributed by atoms with Gasteiger partial charge in [-0.3, -0.25) is 9.59 Å². The minimum atomic E-state index is -0.0301. The molecule has 0 amide bonds. The molecule has 0 N–H and O–H groups in total. The minimum Gasteiger partial charge on any atom is -0.462 e. The van der Waals surface area contributed by atoms with Crippen molar-refractivity contribution >= 4 is 11.8 Å². The molecule has 0 bridgehead atoms. The number of carbonyl (C=O) groups is 2. The van der Waals surface area contributed by atoms with Gasteiger partial charge in [-0.25, -0.2) is 0 Å². The summed E-state index contributed by atoms with van der Waals surface area (Å²) >= 11 is 0. The number of unbranched alkanes of at least 4 members (excludes halogenated alkanes) is 7. The molecule has 1 fully saturated rings. The fourth-order valence-electron chi connectivity index (χ4n) is 2.88. The lowest BCUT2D eigenvalue weighted by molar-refractivity contribution is -0.141. The highest BCUT2D eigenvalue weighted by atomic mass is 16.5. The Bertz CT molecular complexity index is 299. The van der Waals surface area contributed by atoms with Crippen molar-refractivity contribution in [2.45, 2.75) is 103 Å². The zero-order valence-corrected chi connectivity index (χ0v) is 13.7. The van der Waals surface area contributed by atoms with E-state index in [-0.39, 0.29) is 12.1 Å². The molecule has 1 aliphatic heterocycles. The first-order valence-corrected chi connectivity index (χ1v) is 8.93. The number of cyclic esters (lactones) is 1. The molecule has 1 heterocycles. The van der Waals surface area contributed by atoms with Crippen LogP contribution in [-0.2, 0) is 14.3 Å².